The number of alkyl halides is 1. The Hall–Kier alpha value is -3.48. The zero-order chi connectivity index (χ0) is 24.0. The summed E-state index contributed by atoms with van der Waals surface area (Å²) >= 11 is 0. The lowest BCUT2D eigenvalue weighted by Gasteiger charge is -2.38. The van der Waals surface area contributed by atoms with Crippen LogP contribution in [0.5, 0.6) is 0 Å². The summed E-state index contributed by atoms with van der Waals surface area (Å²) in [4.78, 5) is 6.46. The number of halogens is 2. The number of benzene rings is 1. The third-order valence-electron chi connectivity index (χ3n) is 6.94. The SMILES string of the molecule is CN1C=C2C=C(C3=CN=C(N4CCC(N)C(F)C4)NC3c3ccc(C#N)c(F)c3)C=CC2N1C. The Morgan fingerprint density at radius 3 is 2.85 bits per heavy atom. The van der Waals surface area contributed by atoms with Gasteiger partial charge in [-0.3, -0.25) is 0 Å². The fourth-order valence-corrected chi connectivity index (χ4v) is 4.80. The van der Waals surface area contributed by atoms with E-state index in [1.54, 1.807) is 12.3 Å². The number of aliphatic imine (C=N–C) groups is 1. The topological polar surface area (TPSA) is 83.9 Å². The Labute approximate surface area is 197 Å². The number of piperidine rings is 1. The maximum Gasteiger partial charge on any atom is 0.199 e. The first kappa shape index (κ1) is 22.3. The normalized spacial score (nSPS) is 28.9. The monoisotopic (exact) mass is 463 g/mol. The highest BCUT2D eigenvalue weighted by Crippen LogP contribution is 2.36. The number of nitrogens with zero attached hydrogens (tertiary/aromatic N) is 5. The fourth-order valence-electron chi connectivity index (χ4n) is 4.80. The molecule has 1 aliphatic carbocycles. The van der Waals surface area contributed by atoms with Crippen molar-refractivity contribution < 1.29 is 8.78 Å². The van der Waals surface area contributed by atoms with Gasteiger partial charge in [-0.25, -0.2) is 18.8 Å². The number of fused-ring (bicyclic) bond motifs is 1. The molecule has 1 saturated heterocycles. The van der Waals surface area contributed by atoms with Crippen LogP contribution in [0.15, 0.2) is 70.5 Å². The molecule has 0 spiro atoms. The average molecular weight is 464 g/mol. The highest BCUT2D eigenvalue weighted by Gasteiger charge is 2.33. The van der Waals surface area contributed by atoms with Crippen LogP contribution < -0.4 is 11.1 Å². The van der Waals surface area contributed by atoms with E-state index in [1.807, 2.05) is 30.1 Å². The molecule has 0 aromatic heterocycles. The van der Waals surface area contributed by atoms with Crippen LogP contribution in [0.1, 0.15) is 23.6 Å². The lowest BCUT2D eigenvalue weighted by Crippen LogP contribution is -2.54. The molecule has 7 nitrogen and oxygen atoms in total. The summed E-state index contributed by atoms with van der Waals surface area (Å²) in [6.07, 6.45) is 9.53. The van der Waals surface area contributed by atoms with Crippen molar-refractivity contribution in [2.24, 2.45) is 10.7 Å². The van der Waals surface area contributed by atoms with Crippen molar-refractivity contribution in [3.05, 3.63) is 82.5 Å². The van der Waals surface area contributed by atoms with E-state index in [-0.39, 0.29) is 18.2 Å². The molecule has 0 amide bonds. The van der Waals surface area contributed by atoms with Gasteiger partial charge in [0, 0.05) is 44.7 Å². The Morgan fingerprint density at radius 1 is 1.29 bits per heavy atom. The molecule has 3 aliphatic heterocycles. The van der Waals surface area contributed by atoms with Crippen molar-refractivity contribution >= 4 is 5.96 Å². The second kappa shape index (κ2) is 8.70. The number of nitriles is 1. The minimum atomic E-state index is -1.14. The van der Waals surface area contributed by atoms with Crippen molar-refractivity contribution in [2.45, 2.75) is 30.7 Å². The van der Waals surface area contributed by atoms with Gasteiger partial charge in [-0.05, 0) is 41.3 Å². The van der Waals surface area contributed by atoms with Gasteiger partial charge in [0.1, 0.15) is 18.1 Å². The molecule has 3 N–H and O–H groups in total. The minimum Gasteiger partial charge on any atom is -0.345 e. The Kier molecular flexibility index (Phi) is 5.71. The number of nitrogens with one attached hydrogen (secondary N) is 1. The van der Waals surface area contributed by atoms with Gasteiger partial charge in [-0.15, -0.1) is 0 Å². The fraction of sp³-hybridized carbons (Fsp3) is 0.360. The van der Waals surface area contributed by atoms with E-state index in [4.69, 9.17) is 11.0 Å². The maximum atomic E-state index is 14.6. The van der Waals surface area contributed by atoms with Gasteiger partial charge in [-0.1, -0.05) is 18.2 Å². The smallest absolute Gasteiger partial charge is 0.199 e. The minimum absolute atomic E-state index is 0.00826. The second-order valence-electron chi connectivity index (χ2n) is 9.06. The van der Waals surface area contributed by atoms with E-state index in [0.717, 1.165) is 16.7 Å². The molecule has 0 bridgehead atoms. The number of nitrogens with two attached hydrogens (primary N) is 1. The standard InChI is InChI=1S/C25H27F2N7/c1-32-13-18-9-15(5-6-23(18)33(32)2)19-12-30-25(34-8-7-22(29)21(27)14-34)31-24(19)16-3-4-17(11-28)20(26)10-16/h3-6,9-10,12-13,21-24H,7-8,14,29H2,1-2H3,(H,30,31). The summed E-state index contributed by atoms with van der Waals surface area (Å²) in [5.74, 6) is -0.0427. The van der Waals surface area contributed by atoms with Crippen LogP contribution in [-0.2, 0) is 0 Å². The van der Waals surface area contributed by atoms with Crippen LogP contribution in [-0.4, -0.2) is 66.3 Å². The molecule has 1 fully saturated rings. The molecule has 4 atom stereocenters. The molecule has 0 saturated carbocycles. The third kappa shape index (κ3) is 3.89. The van der Waals surface area contributed by atoms with Crippen molar-refractivity contribution in [1.82, 2.24) is 20.2 Å². The second-order valence-corrected chi connectivity index (χ2v) is 9.06. The molecule has 1 aromatic carbocycles. The number of hydrogen-bond donors (Lipinski definition) is 2. The first-order chi connectivity index (χ1) is 16.4. The summed E-state index contributed by atoms with van der Waals surface area (Å²) in [6, 6.07) is 5.74. The molecule has 3 heterocycles. The predicted octanol–water partition coefficient (Wildman–Crippen LogP) is 2.49. The zero-order valence-electron chi connectivity index (χ0n) is 19.1. The first-order valence-corrected chi connectivity index (χ1v) is 11.3. The zero-order valence-corrected chi connectivity index (χ0v) is 19.1. The number of guanidine groups is 1. The van der Waals surface area contributed by atoms with Gasteiger partial charge >= 0.3 is 0 Å². The highest BCUT2D eigenvalue weighted by molar-refractivity contribution is 5.83. The Morgan fingerprint density at radius 2 is 2.12 bits per heavy atom. The molecule has 0 radical (unpaired) electrons. The van der Waals surface area contributed by atoms with Crippen molar-refractivity contribution in [2.75, 3.05) is 27.2 Å². The van der Waals surface area contributed by atoms with Crippen LogP contribution >= 0.6 is 0 Å². The predicted molar refractivity (Wildman–Crippen MR) is 126 cm³/mol. The van der Waals surface area contributed by atoms with Gasteiger partial charge in [0.05, 0.1) is 24.2 Å². The van der Waals surface area contributed by atoms with Crippen molar-refractivity contribution in [3.8, 4) is 6.07 Å². The summed E-state index contributed by atoms with van der Waals surface area (Å²) in [5.41, 5.74) is 9.47. The van der Waals surface area contributed by atoms with Crippen LogP contribution in [0, 0.1) is 17.1 Å². The van der Waals surface area contributed by atoms with Crippen LogP contribution in [0.25, 0.3) is 0 Å². The maximum absolute atomic E-state index is 14.6. The largest absolute Gasteiger partial charge is 0.345 e. The lowest BCUT2D eigenvalue weighted by molar-refractivity contribution is 0.0899. The molecule has 5 rings (SSSR count). The molecular weight excluding hydrogens is 436 g/mol. The molecule has 34 heavy (non-hydrogen) atoms. The Bertz CT molecular complexity index is 1190. The molecule has 4 aliphatic rings. The third-order valence-corrected chi connectivity index (χ3v) is 6.94. The van der Waals surface area contributed by atoms with Crippen LogP contribution in [0.3, 0.4) is 0 Å². The summed E-state index contributed by atoms with van der Waals surface area (Å²) < 4.78 is 28.9. The van der Waals surface area contributed by atoms with Gasteiger partial charge in [0.25, 0.3) is 0 Å². The van der Waals surface area contributed by atoms with Gasteiger partial charge in [-0.2, -0.15) is 5.26 Å². The first-order valence-electron chi connectivity index (χ1n) is 11.3. The Balaban J connectivity index is 1.52. The molecular formula is C25H27F2N7. The molecule has 176 valence electrons. The highest BCUT2D eigenvalue weighted by atomic mass is 19.1. The van der Waals surface area contributed by atoms with Crippen molar-refractivity contribution in [1.29, 1.82) is 5.26 Å². The van der Waals surface area contributed by atoms with E-state index in [2.05, 4.69) is 39.7 Å². The van der Waals surface area contributed by atoms with E-state index in [1.165, 1.54) is 12.1 Å². The summed E-state index contributed by atoms with van der Waals surface area (Å²) in [7, 11) is 4.02. The number of likely N-dealkylation sites (tertiary alicyclic amines) is 1. The number of rotatable bonds is 2. The average Bonchev–Trinajstić information content (AvgIpc) is 3.13. The number of likely N-dealkylation sites (N-methyl/N-ethyl adjacent to an activating group) is 1. The summed E-state index contributed by atoms with van der Waals surface area (Å²) in [6.45, 7) is 0.737. The van der Waals surface area contributed by atoms with E-state index in [9.17, 15) is 8.78 Å². The molecule has 9 heteroatoms. The van der Waals surface area contributed by atoms with Crippen molar-refractivity contribution in [3.63, 3.8) is 0 Å². The van der Waals surface area contributed by atoms with E-state index >= 15 is 0 Å². The molecule has 4 unspecified atom stereocenters. The number of hydrazine groups is 1. The lowest BCUT2D eigenvalue weighted by atomic mass is 9.87. The van der Waals surface area contributed by atoms with Gasteiger partial charge in [0.2, 0.25) is 0 Å². The van der Waals surface area contributed by atoms with Crippen LogP contribution in [0.2, 0.25) is 0 Å². The summed E-state index contributed by atoms with van der Waals surface area (Å²) in [5, 5.41) is 16.7. The van der Waals surface area contributed by atoms with Gasteiger partial charge in [0.15, 0.2) is 5.96 Å². The van der Waals surface area contributed by atoms with Crippen LogP contribution in [0.4, 0.5) is 8.78 Å². The number of hydrogen-bond acceptors (Lipinski definition) is 7. The molecule has 1 aromatic rings. The van der Waals surface area contributed by atoms with E-state index < -0.39 is 24.1 Å². The van der Waals surface area contributed by atoms with E-state index in [0.29, 0.717) is 24.5 Å². The van der Waals surface area contributed by atoms with Gasteiger partial charge < -0.3 is 21.0 Å². The quantitative estimate of drug-likeness (QED) is 0.701. The number of allylic oxidation sites excluding steroid dienone is 1.